The number of aryl methyl sites for hydroxylation is 1. The van der Waals surface area contributed by atoms with Crippen molar-refractivity contribution in [2.24, 2.45) is 0 Å². The number of rotatable bonds is 8. The third kappa shape index (κ3) is 5.08. The second-order valence-electron chi connectivity index (χ2n) is 7.37. The molecule has 1 aromatic heterocycles. The molecule has 0 bridgehead atoms. The van der Waals surface area contributed by atoms with Crippen LogP contribution in [0.15, 0.2) is 48.8 Å². The Morgan fingerprint density at radius 2 is 1.81 bits per heavy atom. The molecule has 0 unspecified atom stereocenters. The summed E-state index contributed by atoms with van der Waals surface area (Å²) in [6, 6.07) is 11.7. The molecule has 0 aliphatic carbocycles. The summed E-state index contributed by atoms with van der Waals surface area (Å²) in [6.07, 6.45) is 2.81. The molecule has 0 saturated heterocycles. The summed E-state index contributed by atoms with van der Waals surface area (Å²) < 4.78 is 18.3. The number of carbonyl (C=O) groups excluding carboxylic acids is 1. The molecule has 164 valence electrons. The predicted molar refractivity (Wildman–Crippen MR) is 120 cm³/mol. The molecule has 6 heteroatoms. The van der Waals surface area contributed by atoms with Crippen LogP contribution in [-0.4, -0.2) is 28.9 Å². The fraction of sp³-hybridized carbons (Fsp3) is 0.360. The van der Waals surface area contributed by atoms with Crippen LogP contribution in [0.3, 0.4) is 0 Å². The Kier molecular flexibility index (Phi) is 7.34. The van der Waals surface area contributed by atoms with Gasteiger partial charge in [-0.25, -0.2) is 14.3 Å². The Balaban J connectivity index is 1.75. The summed E-state index contributed by atoms with van der Waals surface area (Å²) in [4.78, 5) is 17.2. The van der Waals surface area contributed by atoms with Crippen LogP contribution >= 0.6 is 0 Å². The standard InChI is InChI=1S/C25H30N2O4/c1-6-29-22-12-11-20(15-23(22)30-7-2)16-31-25(28)27-14-13-26-24(27)19(5)21-10-8-9-17(3)18(21)4/h8-15,19H,6-7,16H2,1-5H3/t19-/m0/s1. The van der Waals surface area contributed by atoms with E-state index in [2.05, 4.69) is 37.9 Å². The van der Waals surface area contributed by atoms with Gasteiger partial charge in [0.15, 0.2) is 11.5 Å². The van der Waals surface area contributed by atoms with Crippen LogP contribution < -0.4 is 9.47 Å². The SMILES string of the molecule is CCOc1ccc(COC(=O)n2ccnc2[C@@H](C)c2cccc(C)c2C)cc1OCC. The predicted octanol–water partition coefficient (Wildman–Crippen LogP) is 5.63. The van der Waals surface area contributed by atoms with Gasteiger partial charge >= 0.3 is 6.09 Å². The van der Waals surface area contributed by atoms with Crippen molar-refractivity contribution in [2.45, 2.75) is 47.1 Å². The van der Waals surface area contributed by atoms with E-state index in [0.717, 1.165) is 11.1 Å². The summed E-state index contributed by atoms with van der Waals surface area (Å²) in [5, 5.41) is 0. The van der Waals surface area contributed by atoms with Gasteiger partial charge in [-0.1, -0.05) is 31.2 Å². The van der Waals surface area contributed by atoms with Crippen molar-refractivity contribution in [3.8, 4) is 11.5 Å². The quantitative estimate of drug-likeness (QED) is 0.470. The van der Waals surface area contributed by atoms with Gasteiger partial charge < -0.3 is 14.2 Å². The second kappa shape index (κ2) is 10.2. The van der Waals surface area contributed by atoms with Gasteiger partial charge in [0, 0.05) is 18.3 Å². The van der Waals surface area contributed by atoms with Gasteiger partial charge in [0.25, 0.3) is 0 Å². The van der Waals surface area contributed by atoms with Gasteiger partial charge in [0.1, 0.15) is 12.4 Å². The van der Waals surface area contributed by atoms with Crippen molar-refractivity contribution < 1.29 is 19.0 Å². The molecule has 1 heterocycles. The molecule has 2 aromatic carbocycles. The van der Waals surface area contributed by atoms with Crippen molar-refractivity contribution in [3.05, 3.63) is 76.9 Å². The van der Waals surface area contributed by atoms with Crippen LogP contribution in [0, 0.1) is 13.8 Å². The topological polar surface area (TPSA) is 62.6 Å². The largest absolute Gasteiger partial charge is 0.490 e. The van der Waals surface area contributed by atoms with E-state index in [0.29, 0.717) is 30.5 Å². The van der Waals surface area contributed by atoms with E-state index >= 15 is 0 Å². The van der Waals surface area contributed by atoms with Crippen LogP contribution in [0.5, 0.6) is 11.5 Å². The summed E-state index contributed by atoms with van der Waals surface area (Å²) in [5.41, 5.74) is 4.39. The smallest absolute Gasteiger partial charge is 0.419 e. The zero-order valence-corrected chi connectivity index (χ0v) is 18.8. The van der Waals surface area contributed by atoms with Gasteiger partial charge in [-0.2, -0.15) is 0 Å². The first-order chi connectivity index (χ1) is 15.0. The molecule has 3 rings (SSSR count). The lowest BCUT2D eigenvalue weighted by Crippen LogP contribution is -2.18. The van der Waals surface area contributed by atoms with E-state index in [1.807, 2.05) is 38.1 Å². The Bertz CT molecular complexity index is 1040. The average molecular weight is 423 g/mol. The minimum atomic E-state index is -0.462. The van der Waals surface area contributed by atoms with E-state index in [1.165, 1.54) is 15.7 Å². The van der Waals surface area contributed by atoms with Crippen LogP contribution in [-0.2, 0) is 11.3 Å². The van der Waals surface area contributed by atoms with Gasteiger partial charge in [-0.15, -0.1) is 0 Å². The number of benzene rings is 2. The molecule has 0 fully saturated rings. The average Bonchev–Trinajstić information content (AvgIpc) is 3.25. The molecule has 0 saturated carbocycles. The van der Waals surface area contributed by atoms with E-state index in [-0.39, 0.29) is 12.5 Å². The summed E-state index contributed by atoms with van der Waals surface area (Å²) in [5.74, 6) is 1.93. The summed E-state index contributed by atoms with van der Waals surface area (Å²) in [7, 11) is 0. The monoisotopic (exact) mass is 422 g/mol. The van der Waals surface area contributed by atoms with E-state index in [9.17, 15) is 4.79 Å². The Morgan fingerprint density at radius 3 is 2.55 bits per heavy atom. The number of imidazole rings is 1. The third-order valence-electron chi connectivity index (χ3n) is 5.34. The van der Waals surface area contributed by atoms with Crippen molar-refractivity contribution in [1.29, 1.82) is 0 Å². The number of hydrogen-bond donors (Lipinski definition) is 0. The highest BCUT2D eigenvalue weighted by Crippen LogP contribution is 2.29. The molecular formula is C25H30N2O4. The number of carbonyl (C=O) groups is 1. The molecule has 0 radical (unpaired) electrons. The highest BCUT2D eigenvalue weighted by atomic mass is 16.5. The van der Waals surface area contributed by atoms with E-state index in [4.69, 9.17) is 14.2 Å². The van der Waals surface area contributed by atoms with E-state index < -0.39 is 6.09 Å². The molecule has 3 aromatic rings. The van der Waals surface area contributed by atoms with Gasteiger partial charge in [-0.05, 0) is 62.1 Å². The molecule has 0 aliphatic heterocycles. The van der Waals surface area contributed by atoms with Crippen molar-refractivity contribution >= 4 is 6.09 Å². The van der Waals surface area contributed by atoms with Gasteiger partial charge in [0.05, 0.1) is 13.2 Å². The van der Waals surface area contributed by atoms with Gasteiger partial charge in [0.2, 0.25) is 0 Å². The number of hydrogen-bond acceptors (Lipinski definition) is 5. The first kappa shape index (κ1) is 22.4. The Morgan fingerprint density at radius 1 is 1.06 bits per heavy atom. The first-order valence-corrected chi connectivity index (χ1v) is 10.6. The molecule has 0 N–H and O–H groups in total. The third-order valence-corrected chi connectivity index (χ3v) is 5.34. The second-order valence-corrected chi connectivity index (χ2v) is 7.37. The maximum atomic E-state index is 12.8. The maximum Gasteiger partial charge on any atom is 0.419 e. The number of ether oxygens (including phenoxy) is 3. The molecule has 6 nitrogen and oxygen atoms in total. The molecule has 0 aliphatic rings. The van der Waals surface area contributed by atoms with Crippen molar-refractivity contribution in [2.75, 3.05) is 13.2 Å². The lowest BCUT2D eigenvalue weighted by Gasteiger charge is -2.17. The highest BCUT2D eigenvalue weighted by molar-refractivity contribution is 5.71. The molecular weight excluding hydrogens is 392 g/mol. The Labute approximate surface area is 183 Å². The fourth-order valence-corrected chi connectivity index (χ4v) is 3.57. The minimum Gasteiger partial charge on any atom is -0.490 e. The summed E-state index contributed by atoms with van der Waals surface area (Å²) >= 11 is 0. The van der Waals surface area contributed by atoms with Crippen LogP contribution in [0.25, 0.3) is 0 Å². The lowest BCUT2D eigenvalue weighted by molar-refractivity contribution is 0.140. The van der Waals surface area contributed by atoms with E-state index in [1.54, 1.807) is 12.4 Å². The maximum absolute atomic E-state index is 12.8. The molecule has 1 atom stereocenters. The Hall–Kier alpha value is -3.28. The molecule has 0 amide bonds. The van der Waals surface area contributed by atoms with Crippen LogP contribution in [0.4, 0.5) is 4.79 Å². The molecule has 0 spiro atoms. The van der Waals surface area contributed by atoms with Crippen LogP contribution in [0.2, 0.25) is 0 Å². The fourth-order valence-electron chi connectivity index (χ4n) is 3.57. The molecule has 31 heavy (non-hydrogen) atoms. The number of nitrogens with zero attached hydrogens (tertiary/aromatic N) is 2. The minimum absolute atomic E-state index is 0.0440. The zero-order valence-electron chi connectivity index (χ0n) is 18.8. The normalized spacial score (nSPS) is 11.8. The zero-order chi connectivity index (χ0) is 22.4. The number of aromatic nitrogens is 2. The van der Waals surface area contributed by atoms with Crippen molar-refractivity contribution in [1.82, 2.24) is 9.55 Å². The van der Waals surface area contributed by atoms with Crippen LogP contribution in [0.1, 0.15) is 54.8 Å². The summed E-state index contributed by atoms with van der Waals surface area (Å²) in [6.45, 7) is 11.3. The van der Waals surface area contributed by atoms with Crippen molar-refractivity contribution in [3.63, 3.8) is 0 Å². The lowest BCUT2D eigenvalue weighted by atomic mass is 9.93. The first-order valence-electron chi connectivity index (χ1n) is 10.6. The van der Waals surface area contributed by atoms with Gasteiger partial charge in [-0.3, -0.25) is 0 Å². The highest BCUT2D eigenvalue weighted by Gasteiger charge is 2.21.